The predicted octanol–water partition coefficient (Wildman–Crippen LogP) is 0.998. The fourth-order valence-electron chi connectivity index (χ4n) is 1.97. The number of imidazole rings is 1. The summed E-state index contributed by atoms with van der Waals surface area (Å²) in [5, 5.41) is 3.31. The summed E-state index contributed by atoms with van der Waals surface area (Å²) < 4.78 is 2.08. The number of aromatic nitrogens is 2. The summed E-state index contributed by atoms with van der Waals surface area (Å²) in [4.78, 5) is 15.1. The van der Waals surface area contributed by atoms with Crippen molar-refractivity contribution in [3.05, 3.63) is 35.8 Å². The molecule has 0 atom stereocenters. The zero-order valence-corrected chi connectivity index (χ0v) is 10.5. The first-order valence-electron chi connectivity index (χ1n) is 6.10. The molecule has 0 saturated carbocycles. The number of amides is 1. The van der Waals surface area contributed by atoms with Gasteiger partial charge in [-0.05, 0) is 32.0 Å². The van der Waals surface area contributed by atoms with Gasteiger partial charge in [-0.2, -0.15) is 0 Å². The Labute approximate surface area is 106 Å². The molecule has 2 heterocycles. The maximum atomic E-state index is 10.6. The molecule has 2 aromatic rings. The van der Waals surface area contributed by atoms with Gasteiger partial charge in [0.25, 0.3) is 0 Å². The second-order valence-electron chi connectivity index (χ2n) is 4.32. The summed E-state index contributed by atoms with van der Waals surface area (Å²) in [5.74, 6) is -0.247. The summed E-state index contributed by atoms with van der Waals surface area (Å²) in [6.07, 6.45) is 3.21. The lowest BCUT2D eigenvalue weighted by atomic mass is 10.3. The van der Waals surface area contributed by atoms with Crippen LogP contribution in [0.3, 0.4) is 0 Å². The molecule has 3 N–H and O–H groups in total. The van der Waals surface area contributed by atoms with Gasteiger partial charge in [0.1, 0.15) is 5.65 Å². The Morgan fingerprint density at radius 2 is 2.33 bits per heavy atom. The molecule has 0 aliphatic carbocycles. The molecule has 96 valence electrons. The number of carbonyl (C=O) groups excluding carboxylic acids is 1. The molecule has 2 rings (SSSR count). The van der Waals surface area contributed by atoms with Crippen molar-refractivity contribution < 1.29 is 4.79 Å². The molecule has 0 saturated heterocycles. The quantitative estimate of drug-likeness (QED) is 0.747. The van der Waals surface area contributed by atoms with Crippen LogP contribution in [0.5, 0.6) is 0 Å². The van der Waals surface area contributed by atoms with Crippen LogP contribution in [-0.4, -0.2) is 21.8 Å². The second kappa shape index (κ2) is 5.64. The Balaban J connectivity index is 1.95. The van der Waals surface area contributed by atoms with Crippen molar-refractivity contribution in [3.8, 4) is 0 Å². The Kier molecular flexibility index (Phi) is 3.94. The molecule has 0 aliphatic rings. The van der Waals surface area contributed by atoms with Crippen molar-refractivity contribution >= 4 is 11.6 Å². The van der Waals surface area contributed by atoms with E-state index in [4.69, 9.17) is 5.73 Å². The number of hydrogen-bond acceptors (Lipinski definition) is 3. The topological polar surface area (TPSA) is 72.4 Å². The van der Waals surface area contributed by atoms with E-state index in [-0.39, 0.29) is 5.91 Å². The zero-order chi connectivity index (χ0) is 13.0. The number of primary amides is 1. The summed E-state index contributed by atoms with van der Waals surface area (Å²) in [7, 11) is 0. The van der Waals surface area contributed by atoms with E-state index < -0.39 is 0 Å². The van der Waals surface area contributed by atoms with Crippen LogP contribution in [0, 0.1) is 6.92 Å². The van der Waals surface area contributed by atoms with Crippen LogP contribution in [0.2, 0.25) is 0 Å². The van der Waals surface area contributed by atoms with Crippen molar-refractivity contribution in [2.75, 3.05) is 6.54 Å². The Bertz CT molecular complexity index is 547. The second-order valence-corrected chi connectivity index (χ2v) is 4.32. The fraction of sp³-hybridized carbons (Fsp3) is 0.385. The normalized spacial score (nSPS) is 10.9. The third-order valence-corrected chi connectivity index (χ3v) is 2.90. The van der Waals surface area contributed by atoms with Crippen LogP contribution in [-0.2, 0) is 11.3 Å². The molecule has 5 heteroatoms. The first-order chi connectivity index (χ1) is 8.68. The van der Waals surface area contributed by atoms with Gasteiger partial charge < -0.3 is 15.5 Å². The summed E-state index contributed by atoms with van der Waals surface area (Å²) in [5.41, 5.74) is 8.24. The van der Waals surface area contributed by atoms with Gasteiger partial charge in [0.2, 0.25) is 5.91 Å². The molecule has 1 amide bonds. The van der Waals surface area contributed by atoms with E-state index in [9.17, 15) is 4.79 Å². The van der Waals surface area contributed by atoms with E-state index in [0.29, 0.717) is 6.42 Å². The van der Waals surface area contributed by atoms with Crippen LogP contribution in [0.15, 0.2) is 24.4 Å². The third-order valence-electron chi connectivity index (χ3n) is 2.90. The number of pyridine rings is 1. The van der Waals surface area contributed by atoms with Crippen molar-refractivity contribution in [1.82, 2.24) is 14.7 Å². The minimum Gasteiger partial charge on any atom is -0.370 e. The molecule has 0 radical (unpaired) electrons. The molecular weight excluding hydrogens is 228 g/mol. The summed E-state index contributed by atoms with van der Waals surface area (Å²) in [6, 6.07) is 5.96. The van der Waals surface area contributed by atoms with Gasteiger partial charge in [-0.3, -0.25) is 4.79 Å². The van der Waals surface area contributed by atoms with Crippen LogP contribution in [0.25, 0.3) is 5.65 Å². The number of nitrogens with zero attached hydrogens (tertiary/aromatic N) is 2. The molecule has 0 fully saturated rings. The molecule has 0 aromatic carbocycles. The predicted molar refractivity (Wildman–Crippen MR) is 70.1 cm³/mol. The Morgan fingerprint density at radius 1 is 1.50 bits per heavy atom. The standard InChI is InChI=1S/C13H18N4O/c1-10-11(9-15-7-4-5-12(14)18)17-8-3-2-6-13(17)16-10/h2-3,6,8,15H,4-5,7,9H2,1H3,(H2,14,18). The molecule has 5 nitrogen and oxygen atoms in total. The molecule has 0 unspecified atom stereocenters. The van der Waals surface area contributed by atoms with E-state index >= 15 is 0 Å². The van der Waals surface area contributed by atoms with Gasteiger partial charge in [0, 0.05) is 19.2 Å². The molecule has 18 heavy (non-hydrogen) atoms. The monoisotopic (exact) mass is 246 g/mol. The molecular formula is C13H18N4O. The number of fused-ring (bicyclic) bond motifs is 1. The summed E-state index contributed by atoms with van der Waals surface area (Å²) in [6.45, 7) is 3.53. The zero-order valence-electron chi connectivity index (χ0n) is 10.5. The van der Waals surface area contributed by atoms with Crippen LogP contribution in [0.4, 0.5) is 0 Å². The van der Waals surface area contributed by atoms with Crippen LogP contribution in [0.1, 0.15) is 24.2 Å². The van der Waals surface area contributed by atoms with Crippen molar-refractivity contribution in [3.63, 3.8) is 0 Å². The third kappa shape index (κ3) is 2.87. The van der Waals surface area contributed by atoms with E-state index in [2.05, 4.69) is 14.7 Å². The SMILES string of the molecule is Cc1nc2ccccn2c1CNCCCC(N)=O. The van der Waals surface area contributed by atoms with Crippen molar-refractivity contribution in [1.29, 1.82) is 0 Å². The lowest BCUT2D eigenvalue weighted by Gasteiger charge is -2.05. The average molecular weight is 246 g/mol. The summed E-state index contributed by atoms with van der Waals surface area (Å²) >= 11 is 0. The van der Waals surface area contributed by atoms with Gasteiger partial charge in [0.05, 0.1) is 11.4 Å². The van der Waals surface area contributed by atoms with Gasteiger partial charge in [-0.1, -0.05) is 6.07 Å². The largest absolute Gasteiger partial charge is 0.370 e. The number of nitrogens with one attached hydrogen (secondary N) is 1. The number of nitrogens with two attached hydrogens (primary N) is 1. The van der Waals surface area contributed by atoms with Gasteiger partial charge in [-0.15, -0.1) is 0 Å². The highest BCUT2D eigenvalue weighted by Gasteiger charge is 2.06. The fourth-order valence-corrected chi connectivity index (χ4v) is 1.97. The van der Waals surface area contributed by atoms with Gasteiger partial charge >= 0.3 is 0 Å². The Hall–Kier alpha value is -1.88. The number of carbonyl (C=O) groups is 1. The smallest absolute Gasteiger partial charge is 0.217 e. The van der Waals surface area contributed by atoms with Crippen molar-refractivity contribution in [2.24, 2.45) is 5.73 Å². The molecule has 0 bridgehead atoms. The first-order valence-corrected chi connectivity index (χ1v) is 6.10. The highest BCUT2D eigenvalue weighted by atomic mass is 16.1. The number of aryl methyl sites for hydroxylation is 1. The number of hydrogen-bond donors (Lipinski definition) is 2. The molecule has 0 aliphatic heterocycles. The lowest BCUT2D eigenvalue weighted by molar-refractivity contribution is -0.118. The first kappa shape index (κ1) is 12.6. The van der Waals surface area contributed by atoms with Gasteiger partial charge in [-0.25, -0.2) is 4.98 Å². The number of rotatable bonds is 6. The minimum absolute atomic E-state index is 0.247. The highest BCUT2D eigenvalue weighted by molar-refractivity contribution is 5.73. The van der Waals surface area contributed by atoms with Crippen molar-refractivity contribution in [2.45, 2.75) is 26.3 Å². The van der Waals surface area contributed by atoms with Crippen LogP contribution >= 0.6 is 0 Å². The van der Waals surface area contributed by atoms with E-state index in [1.807, 2.05) is 31.3 Å². The van der Waals surface area contributed by atoms with Gasteiger partial charge in [0.15, 0.2) is 0 Å². The van der Waals surface area contributed by atoms with Crippen LogP contribution < -0.4 is 11.1 Å². The maximum Gasteiger partial charge on any atom is 0.217 e. The average Bonchev–Trinajstić information content (AvgIpc) is 2.65. The van der Waals surface area contributed by atoms with E-state index in [1.54, 1.807) is 0 Å². The minimum atomic E-state index is -0.247. The highest BCUT2D eigenvalue weighted by Crippen LogP contribution is 2.11. The maximum absolute atomic E-state index is 10.6. The van der Waals surface area contributed by atoms with E-state index in [1.165, 1.54) is 0 Å². The van der Waals surface area contributed by atoms with E-state index in [0.717, 1.165) is 36.5 Å². The lowest BCUT2D eigenvalue weighted by Crippen LogP contribution is -2.19. The molecule has 0 spiro atoms. The molecule has 2 aromatic heterocycles. The Morgan fingerprint density at radius 3 is 3.11 bits per heavy atom.